The molecule has 3 heteroatoms. The number of aryl methyl sites for hydroxylation is 2. The van der Waals surface area contributed by atoms with E-state index in [0.717, 1.165) is 12.2 Å². The lowest BCUT2D eigenvalue weighted by atomic mass is 10.1. The lowest BCUT2D eigenvalue weighted by Crippen LogP contribution is -2.31. The summed E-state index contributed by atoms with van der Waals surface area (Å²) in [5, 5.41) is 12.4. The van der Waals surface area contributed by atoms with Crippen LogP contribution in [0.2, 0.25) is 0 Å². The maximum atomic E-state index is 9.06. The first-order valence-corrected chi connectivity index (χ1v) is 7.25. The van der Waals surface area contributed by atoms with Crippen LogP contribution in [0.3, 0.4) is 0 Å². The molecule has 0 radical (unpaired) electrons. The zero-order valence-electron chi connectivity index (χ0n) is 11.2. The van der Waals surface area contributed by atoms with Gasteiger partial charge in [0.15, 0.2) is 0 Å². The summed E-state index contributed by atoms with van der Waals surface area (Å²) in [6, 6.07) is 9.22. The number of fused-ring (bicyclic) bond motifs is 1. The first-order valence-electron chi connectivity index (χ1n) is 7.25. The van der Waals surface area contributed by atoms with E-state index in [-0.39, 0.29) is 6.04 Å². The molecular weight excluding hydrogens is 236 g/mol. The molecule has 0 saturated heterocycles. The predicted octanol–water partition coefficient (Wildman–Crippen LogP) is 2.59. The van der Waals surface area contributed by atoms with Gasteiger partial charge in [0.2, 0.25) is 0 Å². The molecule has 1 fully saturated rings. The van der Waals surface area contributed by atoms with Crippen LogP contribution in [0.1, 0.15) is 36.8 Å². The lowest BCUT2D eigenvalue weighted by Gasteiger charge is -2.12. The fraction of sp³-hybridized carbons (Fsp3) is 0.562. The van der Waals surface area contributed by atoms with Crippen LogP contribution >= 0.6 is 0 Å². The smallest absolute Gasteiger partial charge is 0.119 e. The summed E-state index contributed by atoms with van der Waals surface area (Å²) in [5.74, 6) is 0.948. The van der Waals surface area contributed by atoms with E-state index < -0.39 is 0 Å². The first kappa shape index (κ1) is 12.5. The lowest BCUT2D eigenvalue weighted by molar-refractivity contribution is 0.297. The van der Waals surface area contributed by atoms with Crippen LogP contribution in [-0.4, -0.2) is 18.7 Å². The van der Waals surface area contributed by atoms with Crippen LogP contribution in [0.4, 0.5) is 0 Å². The molecule has 3 nitrogen and oxygen atoms in total. The van der Waals surface area contributed by atoms with Crippen molar-refractivity contribution in [3.8, 4) is 11.8 Å². The number of nitriles is 1. The third-order valence-corrected chi connectivity index (χ3v) is 3.92. The van der Waals surface area contributed by atoms with Crippen molar-refractivity contribution in [1.29, 1.82) is 5.26 Å². The van der Waals surface area contributed by atoms with E-state index in [0.29, 0.717) is 12.6 Å². The molecule has 1 aromatic carbocycles. The molecule has 19 heavy (non-hydrogen) atoms. The summed E-state index contributed by atoms with van der Waals surface area (Å²) in [7, 11) is 0. The van der Waals surface area contributed by atoms with Crippen molar-refractivity contribution in [1.82, 2.24) is 5.32 Å². The zero-order valence-corrected chi connectivity index (χ0v) is 11.2. The number of nitrogens with one attached hydrogen (secondary N) is 1. The highest BCUT2D eigenvalue weighted by atomic mass is 16.5. The number of nitrogens with zero attached hydrogens (tertiary/aromatic N) is 1. The van der Waals surface area contributed by atoms with Crippen molar-refractivity contribution in [2.24, 2.45) is 0 Å². The Labute approximate surface area is 114 Å². The second kappa shape index (κ2) is 5.63. The van der Waals surface area contributed by atoms with E-state index in [9.17, 15) is 0 Å². The van der Waals surface area contributed by atoms with Gasteiger partial charge in [-0.2, -0.15) is 5.26 Å². The fourth-order valence-corrected chi connectivity index (χ4v) is 2.65. The van der Waals surface area contributed by atoms with Crippen LogP contribution in [0.5, 0.6) is 5.75 Å². The van der Waals surface area contributed by atoms with Crippen molar-refractivity contribution in [2.75, 3.05) is 6.61 Å². The van der Waals surface area contributed by atoms with Gasteiger partial charge in [0, 0.05) is 12.5 Å². The summed E-state index contributed by atoms with van der Waals surface area (Å²) in [5.41, 5.74) is 2.91. The summed E-state index contributed by atoms with van der Waals surface area (Å²) in [6.07, 6.45) is 6.83. The van der Waals surface area contributed by atoms with Gasteiger partial charge >= 0.3 is 0 Å². The van der Waals surface area contributed by atoms with E-state index in [2.05, 4.69) is 29.6 Å². The van der Waals surface area contributed by atoms with Gasteiger partial charge in [-0.1, -0.05) is 6.07 Å². The van der Waals surface area contributed by atoms with E-state index >= 15 is 0 Å². The van der Waals surface area contributed by atoms with E-state index in [4.69, 9.17) is 10.00 Å². The van der Waals surface area contributed by atoms with Crippen molar-refractivity contribution in [3.63, 3.8) is 0 Å². The molecule has 1 saturated carbocycles. The Balaban J connectivity index is 1.47. The van der Waals surface area contributed by atoms with Crippen molar-refractivity contribution >= 4 is 0 Å². The summed E-state index contributed by atoms with van der Waals surface area (Å²) in [6.45, 7) is 0.608. The second-order valence-corrected chi connectivity index (χ2v) is 5.54. The normalized spacial score (nSPS) is 18.7. The number of benzene rings is 1. The van der Waals surface area contributed by atoms with Crippen molar-refractivity contribution in [2.45, 2.75) is 50.6 Å². The van der Waals surface area contributed by atoms with Crippen LogP contribution in [0.25, 0.3) is 0 Å². The SMILES string of the molecule is N#CC(CCOc1ccc2c(c1)CCC2)NC1CC1. The van der Waals surface area contributed by atoms with Crippen LogP contribution in [0, 0.1) is 11.3 Å². The standard InChI is InChI=1S/C16H20N2O/c17-11-15(18-14-5-6-14)8-9-19-16-7-4-12-2-1-3-13(12)10-16/h4,7,10,14-15,18H,1-3,5-6,8-9H2. The first-order chi connectivity index (χ1) is 9.35. The molecule has 0 heterocycles. The van der Waals surface area contributed by atoms with Gasteiger partial charge in [-0.25, -0.2) is 0 Å². The minimum absolute atomic E-state index is 0.0677. The second-order valence-electron chi connectivity index (χ2n) is 5.54. The maximum absolute atomic E-state index is 9.06. The summed E-state index contributed by atoms with van der Waals surface area (Å²) < 4.78 is 5.77. The monoisotopic (exact) mass is 256 g/mol. The molecule has 2 aliphatic carbocycles. The van der Waals surface area contributed by atoms with Gasteiger partial charge in [-0.3, -0.25) is 5.32 Å². The number of rotatable bonds is 6. The third-order valence-electron chi connectivity index (χ3n) is 3.92. The van der Waals surface area contributed by atoms with Gasteiger partial charge in [0.1, 0.15) is 5.75 Å². The molecule has 1 atom stereocenters. The topological polar surface area (TPSA) is 45.0 Å². The van der Waals surface area contributed by atoms with Crippen molar-refractivity contribution < 1.29 is 4.74 Å². The van der Waals surface area contributed by atoms with E-state index in [1.165, 1.54) is 43.2 Å². The average molecular weight is 256 g/mol. The Kier molecular flexibility index (Phi) is 3.70. The van der Waals surface area contributed by atoms with Gasteiger partial charge in [-0.15, -0.1) is 0 Å². The summed E-state index contributed by atoms with van der Waals surface area (Å²) in [4.78, 5) is 0. The van der Waals surface area contributed by atoms with Crippen molar-refractivity contribution in [3.05, 3.63) is 29.3 Å². The van der Waals surface area contributed by atoms with E-state index in [1.807, 2.05) is 0 Å². The highest BCUT2D eigenvalue weighted by molar-refractivity contribution is 5.38. The van der Waals surface area contributed by atoms with Gasteiger partial charge in [0.05, 0.1) is 18.7 Å². The Bertz CT molecular complexity index is 488. The van der Waals surface area contributed by atoms with Crippen LogP contribution in [0.15, 0.2) is 18.2 Å². The third kappa shape index (κ3) is 3.27. The fourth-order valence-electron chi connectivity index (χ4n) is 2.65. The largest absolute Gasteiger partial charge is 0.493 e. The minimum atomic E-state index is -0.0677. The predicted molar refractivity (Wildman–Crippen MR) is 74.1 cm³/mol. The summed E-state index contributed by atoms with van der Waals surface area (Å²) >= 11 is 0. The Hall–Kier alpha value is -1.53. The molecule has 1 N–H and O–H groups in total. The maximum Gasteiger partial charge on any atom is 0.119 e. The zero-order chi connectivity index (χ0) is 13.1. The molecule has 0 bridgehead atoms. The van der Waals surface area contributed by atoms with Crippen LogP contribution < -0.4 is 10.1 Å². The Morgan fingerprint density at radius 3 is 2.95 bits per heavy atom. The van der Waals surface area contributed by atoms with Gasteiger partial charge < -0.3 is 4.74 Å². The number of hydrogen-bond donors (Lipinski definition) is 1. The molecule has 0 amide bonds. The van der Waals surface area contributed by atoms with E-state index in [1.54, 1.807) is 0 Å². The molecule has 3 rings (SSSR count). The minimum Gasteiger partial charge on any atom is -0.493 e. The molecular formula is C16H20N2O. The molecule has 1 unspecified atom stereocenters. The highest BCUT2D eigenvalue weighted by Gasteiger charge is 2.24. The number of hydrogen-bond acceptors (Lipinski definition) is 3. The average Bonchev–Trinajstić information content (AvgIpc) is 3.12. The van der Waals surface area contributed by atoms with Gasteiger partial charge in [0.25, 0.3) is 0 Å². The molecule has 100 valence electrons. The molecule has 0 aliphatic heterocycles. The molecule has 1 aromatic rings. The van der Waals surface area contributed by atoms with Gasteiger partial charge in [-0.05, 0) is 55.4 Å². The Morgan fingerprint density at radius 1 is 1.32 bits per heavy atom. The highest BCUT2D eigenvalue weighted by Crippen LogP contribution is 2.26. The Morgan fingerprint density at radius 2 is 2.16 bits per heavy atom. The number of ether oxygens (including phenoxy) is 1. The molecule has 0 spiro atoms. The quantitative estimate of drug-likeness (QED) is 0.851. The molecule has 0 aromatic heterocycles. The molecule has 2 aliphatic rings. The van der Waals surface area contributed by atoms with Crippen LogP contribution in [-0.2, 0) is 12.8 Å².